The number of para-hydroxylation sites is 1. The molecule has 1 atom stereocenters. The number of likely N-dealkylation sites (tertiary alicyclic amines) is 1. The molecule has 2 aromatic rings. The number of aromatic nitrogens is 1. The second-order valence-electron chi connectivity index (χ2n) is 7.32. The third-order valence-corrected chi connectivity index (χ3v) is 4.82. The number of carbonyl (C=O) groups excluding carboxylic acids is 1. The van der Waals surface area contributed by atoms with Crippen LogP contribution in [0.3, 0.4) is 0 Å². The van der Waals surface area contributed by atoms with Gasteiger partial charge in [0.05, 0.1) is 19.1 Å². The Bertz CT molecular complexity index is 735. The van der Waals surface area contributed by atoms with E-state index in [0.717, 1.165) is 22.4 Å². The molecule has 1 saturated heterocycles. The summed E-state index contributed by atoms with van der Waals surface area (Å²) in [6.45, 7) is 9.51. The van der Waals surface area contributed by atoms with E-state index in [-0.39, 0.29) is 24.1 Å². The Morgan fingerprint density at radius 3 is 2.46 bits per heavy atom. The first-order valence-corrected chi connectivity index (χ1v) is 9.14. The molecule has 0 saturated carbocycles. The van der Waals surface area contributed by atoms with Gasteiger partial charge in [-0.3, -0.25) is 4.98 Å². The Morgan fingerprint density at radius 1 is 1.19 bits per heavy atom. The molecular weight excluding hydrogens is 326 g/mol. The van der Waals surface area contributed by atoms with Gasteiger partial charge in [-0.1, -0.05) is 38.1 Å². The Kier molecular flexibility index (Phi) is 5.45. The number of nitrogens with zero attached hydrogens (tertiary/aromatic N) is 2. The van der Waals surface area contributed by atoms with Crippen molar-refractivity contribution in [1.82, 2.24) is 15.2 Å². The van der Waals surface area contributed by atoms with Gasteiger partial charge in [0, 0.05) is 12.4 Å². The monoisotopic (exact) mass is 353 g/mol. The van der Waals surface area contributed by atoms with Crippen LogP contribution in [0.4, 0.5) is 4.79 Å². The zero-order chi connectivity index (χ0) is 18.7. The van der Waals surface area contributed by atoms with Crippen LogP contribution >= 0.6 is 0 Å². The lowest BCUT2D eigenvalue weighted by atomic mass is 9.97. The van der Waals surface area contributed by atoms with Crippen LogP contribution in [0.1, 0.15) is 36.6 Å². The molecule has 0 bridgehead atoms. The topological polar surface area (TPSA) is 54.5 Å². The summed E-state index contributed by atoms with van der Waals surface area (Å²) in [4.78, 5) is 18.5. The Hall–Kier alpha value is -2.56. The van der Waals surface area contributed by atoms with Crippen LogP contribution in [0, 0.1) is 19.8 Å². The molecule has 1 N–H and O–H groups in total. The fraction of sp³-hybridized carbons (Fsp3) is 0.429. The summed E-state index contributed by atoms with van der Waals surface area (Å²) >= 11 is 0. The fourth-order valence-corrected chi connectivity index (χ4v) is 3.25. The van der Waals surface area contributed by atoms with E-state index in [2.05, 4.69) is 24.1 Å². The third kappa shape index (κ3) is 3.98. The molecule has 3 rings (SSSR count). The number of urea groups is 1. The highest BCUT2D eigenvalue weighted by Crippen LogP contribution is 2.27. The van der Waals surface area contributed by atoms with Crippen LogP contribution in [0.2, 0.25) is 0 Å². The number of aryl methyl sites for hydroxylation is 2. The van der Waals surface area contributed by atoms with Crippen molar-refractivity contribution < 1.29 is 9.53 Å². The zero-order valence-corrected chi connectivity index (χ0v) is 15.9. The summed E-state index contributed by atoms with van der Waals surface area (Å²) in [5, 5.41) is 3.13. The molecule has 5 nitrogen and oxygen atoms in total. The van der Waals surface area contributed by atoms with Crippen LogP contribution in [-0.4, -0.2) is 35.1 Å². The smallest absolute Gasteiger partial charge is 0.318 e. The van der Waals surface area contributed by atoms with Gasteiger partial charge in [-0.05, 0) is 42.5 Å². The minimum atomic E-state index is -0.0473. The van der Waals surface area contributed by atoms with Crippen LogP contribution in [0.5, 0.6) is 5.75 Å². The number of carbonyl (C=O) groups is 1. The maximum atomic E-state index is 12.6. The van der Waals surface area contributed by atoms with E-state index in [1.165, 1.54) is 0 Å². The molecule has 138 valence electrons. The van der Waals surface area contributed by atoms with E-state index in [0.29, 0.717) is 13.1 Å². The highest BCUT2D eigenvalue weighted by atomic mass is 16.5. The van der Waals surface area contributed by atoms with E-state index in [4.69, 9.17) is 4.74 Å². The Balaban J connectivity index is 1.56. The maximum absolute atomic E-state index is 12.6. The number of rotatable bonds is 5. The summed E-state index contributed by atoms with van der Waals surface area (Å²) in [7, 11) is 0. The van der Waals surface area contributed by atoms with Gasteiger partial charge in [-0.2, -0.15) is 0 Å². The van der Waals surface area contributed by atoms with Gasteiger partial charge in [0.25, 0.3) is 0 Å². The van der Waals surface area contributed by atoms with Gasteiger partial charge in [-0.25, -0.2) is 4.79 Å². The summed E-state index contributed by atoms with van der Waals surface area (Å²) in [6.07, 6.45) is 3.61. The third-order valence-electron chi connectivity index (χ3n) is 4.82. The summed E-state index contributed by atoms with van der Waals surface area (Å²) in [5.41, 5.74) is 3.29. The molecular formula is C21H27N3O2. The standard InChI is InChI=1S/C21H27N3O2/c1-14(2)19(17-9-6-10-22-11-17)23-21(25)24-12-18(13-24)26-20-15(3)7-5-8-16(20)4/h5-11,14,18-19H,12-13H2,1-4H3,(H,23,25)/t19-/m1/s1. The predicted molar refractivity (Wildman–Crippen MR) is 102 cm³/mol. The van der Waals surface area contributed by atoms with E-state index >= 15 is 0 Å². The number of ether oxygens (including phenoxy) is 1. The second kappa shape index (κ2) is 7.77. The lowest BCUT2D eigenvalue weighted by Crippen LogP contribution is -2.59. The Morgan fingerprint density at radius 2 is 1.88 bits per heavy atom. The number of hydrogen-bond donors (Lipinski definition) is 1. The quantitative estimate of drug-likeness (QED) is 0.888. The summed E-state index contributed by atoms with van der Waals surface area (Å²) in [5.74, 6) is 1.22. The number of pyridine rings is 1. The molecule has 1 aromatic carbocycles. The molecule has 1 aromatic heterocycles. The highest BCUT2D eigenvalue weighted by molar-refractivity contribution is 5.75. The molecule has 1 fully saturated rings. The van der Waals surface area contributed by atoms with Crippen LogP contribution in [-0.2, 0) is 0 Å². The minimum absolute atomic E-state index is 0.0465. The molecule has 0 unspecified atom stereocenters. The largest absolute Gasteiger partial charge is 0.486 e. The maximum Gasteiger partial charge on any atom is 0.318 e. The van der Waals surface area contributed by atoms with Crippen molar-refractivity contribution in [2.75, 3.05) is 13.1 Å². The molecule has 2 heterocycles. The van der Waals surface area contributed by atoms with Crippen LogP contribution in [0.15, 0.2) is 42.7 Å². The first-order valence-electron chi connectivity index (χ1n) is 9.14. The minimum Gasteiger partial charge on any atom is -0.486 e. The first kappa shape index (κ1) is 18.2. The zero-order valence-electron chi connectivity index (χ0n) is 15.9. The SMILES string of the molecule is Cc1cccc(C)c1OC1CN(C(=O)N[C@@H](c2cccnc2)C(C)C)C1. The van der Waals surface area contributed by atoms with Crippen LogP contribution < -0.4 is 10.1 Å². The van der Waals surface area contributed by atoms with Gasteiger partial charge in [0.2, 0.25) is 0 Å². The van der Waals surface area contributed by atoms with Crippen molar-refractivity contribution in [3.8, 4) is 5.75 Å². The second-order valence-corrected chi connectivity index (χ2v) is 7.32. The van der Waals surface area contributed by atoms with E-state index in [1.807, 2.05) is 50.4 Å². The first-order chi connectivity index (χ1) is 12.5. The average Bonchev–Trinajstić information content (AvgIpc) is 2.58. The number of amides is 2. The molecule has 5 heteroatoms. The molecule has 2 amide bonds. The molecule has 1 aliphatic rings. The van der Waals surface area contributed by atoms with Crippen LogP contribution in [0.25, 0.3) is 0 Å². The van der Waals surface area contributed by atoms with Crippen molar-refractivity contribution in [1.29, 1.82) is 0 Å². The predicted octanol–water partition coefficient (Wildman–Crippen LogP) is 3.87. The molecule has 0 radical (unpaired) electrons. The van der Waals surface area contributed by atoms with Gasteiger partial charge < -0.3 is 15.0 Å². The number of benzene rings is 1. The number of hydrogen-bond acceptors (Lipinski definition) is 3. The van der Waals surface area contributed by atoms with Gasteiger partial charge in [0.15, 0.2) is 0 Å². The molecule has 26 heavy (non-hydrogen) atoms. The van der Waals surface area contributed by atoms with Crippen molar-refractivity contribution in [2.24, 2.45) is 5.92 Å². The summed E-state index contributed by atoms with van der Waals surface area (Å²) < 4.78 is 6.10. The lowest BCUT2D eigenvalue weighted by Gasteiger charge is -2.40. The molecule has 1 aliphatic heterocycles. The van der Waals surface area contributed by atoms with Crippen molar-refractivity contribution in [2.45, 2.75) is 39.8 Å². The molecule has 0 aliphatic carbocycles. The highest BCUT2D eigenvalue weighted by Gasteiger charge is 2.34. The fourth-order valence-electron chi connectivity index (χ4n) is 3.25. The van der Waals surface area contributed by atoms with Gasteiger partial charge >= 0.3 is 6.03 Å². The van der Waals surface area contributed by atoms with E-state index in [9.17, 15) is 4.79 Å². The van der Waals surface area contributed by atoms with E-state index < -0.39 is 0 Å². The summed E-state index contributed by atoms with van der Waals surface area (Å²) in [6, 6.07) is 9.93. The van der Waals surface area contributed by atoms with Crippen molar-refractivity contribution in [3.63, 3.8) is 0 Å². The van der Waals surface area contributed by atoms with Gasteiger partial charge in [0.1, 0.15) is 11.9 Å². The van der Waals surface area contributed by atoms with E-state index in [1.54, 1.807) is 11.1 Å². The lowest BCUT2D eigenvalue weighted by molar-refractivity contribution is 0.0419. The van der Waals surface area contributed by atoms with Crippen molar-refractivity contribution in [3.05, 3.63) is 59.4 Å². The normalized spacial score (nSPS) is 15.5. The molecule has 0 spiro atoms. The Labute approximate surface area is 155 Å². The van der Waals surface area contributed by atoms with Crippen molar-refractivity contribution >= 4 is 6.03 Å². The number of nitrogens with one attached hydrogen (secondary N) is 1. The average molecular weight is 353 g/mol. The van der Waals surface area contributed by atoms with Gasteiger partial charge in [-0.15, -0.1) is 0 Å².